The molecule has 0 aliphatic carbocycles. The highest BCUT2D eigenvalue weighted by Crippen LogP contribution is 2.34. The topological polar surface area (TPSA) is 85.2 Å². The van der Waals surface area contributed by atoms with Gasteiger partial charge in [0.1, 0.15) is 18.9 Å². The number of rotatable bonds is 3. The molecule has 0 fully saturated rings. The molecule has 2 heterocycles. The van der Waals surface area contributed by atoms with Gasteiger partial charge in [-0.3, -0.25) is 14.3 Å². The van der Waals surface area contributed by atoms with E-state index in [0.29, 0.717) is 17.1 Å². The van der Waals surface area contributed by atoms with Crippen LogP contribution in [0.25, 0.3) is 0 Å². The number of aromatic nitrogens is 2. The Hall–Kier alpha value is -2.83. The fourth-order valence-corrected chi connectivity index (χ4v) is 2.61. The minimum Gasteiger partial charge on any atom is -0.490 e. The largest absolute Gasteiger partial charge is 0.490 e. The third-order valence-electron chi connectivity index (χ3n) is 4.11. The van der Waals surface area contributed by atoms with E-state index in [1.165, 1.54) is 0 Å². The van der Waals surface area contributed by atoms with E-state index in [0.717, 1.165) is 11.4 Å². The molecule has 7 heteroatoms. The fourth-order valence-electron chi connectivity index (χ4n) is 2.61. The van der Waals surface area contributed by atoms with E-state index in [-0.39, 0.29) is 25.0 Å². The molecule has 25 heavy (non-hydrogen) atoms. The van der Waals surface area contributed by atoms with E-state index in [4.69, 9.17) is 4.74 Å². The molecule has 2 aromatic rings. The Morgan fingerprint density at radius 1 is 1.36 bits per heavy atom. The number of hydrogen-bond acceptors (Lipinski definition) is 4. The second kappa shape index (κ2) is 6.23. The molecule has 0 saturated heterocycles. The van der Waals surface area contributed by atoms with Crippen LogP contribution in [0.15, 0.2) is 24.3 Å². The molecule has 2 N–H and O–H groups in total. The van der Waals surface area contributed by atoms with Gasteiger partial charge in [0.05, 0.1) is 16.8 Å². The first-order valence-corrected chi connectivity index (χ1v) is 8.14. The molecular formula is C18H22N4O3. The van der Waals surface area contributed by atoms with Crippen molar-refractivity contribution in [1.82, 2.24) is 9.78 Å². The summed E-state index contributed by atoms with van der Waals surface area (Å²) in [5.74, 6) is 0.277. The third-order valence-corrected chi connectivity index (χ3v) is 4.11. The number of benzene rings is 1. The van der Waals surface area contributed by atoms with Gasteiger partial charge in [-0.2, -0.15) is 5.10 Å². The summed E-state index contributed by atoms with van der Waals surface area (Å²) in [6.45, 7) is 7.86. The minimum atomic E-state index is -0.613. The van der Waals surface area contributed by atoms with Crippen LogP contribution in [0.2, 0.25) is 0 Å². The molecule has 1 aliphatic rings. The van der Waals surface area contributed by atoms with Crippen molar-refractivity contribution < 1.29 is 14.3 Å². The first kappa shape index (κ1) is 17.0. The summed E-state index contributed by atoms with van der Waals surface area (Å²) >= 11 is 0. The van der Waals surface area contributed by atoms with Gasteiger partial charge in [-0.25, -0.2) is 0 Å². The van der Waals surface area contributed by atoms with Crippen molar-refractivity contribution in [1.29, 1.82) is 0 Å². The molecule has 3 rings (SSSR count). The molecule has 0 spiro atoms. The van der Waals surface area contributed by atoms with E-state index in [1.807, 2.05) is 33.8 Å². The van der Waals surface area contributed by atoms with E-state index >= 15 is 0 Å². The van der Waals surface area contributed by atoms with Gasteiger partial charge in [-0.15, -0.1) is 0 Å². The average Bonchev–Trinajstić information content (AvgIpc) is 2.78. The number of hydrogen-bond donors (Lipinski definition) is 2. The van der Waals surface area contributed by atoms with Crippen LogP contribution in [0.1, 0.15) is 25.2 Å². The first-order chi connectivity index (χ1) is 11.7. The molecule has 7 nitrogen and oxygen atoms in total. The summed E-state index contributed by atoms with van der Waals surface area (Å²) in [4.78, 5) is 24.4. The highest BCUT2D eigenvalue weighted by molar-refractivity contribution is 5.98. The molecule has 0 bridgehead atoms. The van der Waals surface area contributed by atoms with Gasteiger partial charge in [0.15, 0.2) is 0 Å². The normalized spacial score (nSPS) is 15.6. The summed E-state index contributed by atoms with van der Waals surface area (Å²) in [7, 11) is 0. The molecule has 1 aliphatic heterocycles. The van der Waals surface area contributed by atoms with Crippen molar-refractivity contribution in [2.24, 2.45) is 5.41 Å². The molecular weight excluding hydrogens is 320 g/mol. The van der Waals surface area contributed by atoms with Gasteiger partial charge in [-0.05, 0) is 45.9 Å². The van der Waals surface area contributed by atoms with Crippen molar-refractivity contribution >= 4 is 23.2 Å². The lowest BCUT2D eigenvalue weighted by atomic mass is 9.94. The average molecular weight is 342 g/mol. The quantitative estimate of drug-likeness (QED) is 0.897. The molecule has 0 radical (unpaired) electrons. The first-order valence-electron chi connectivity index (χ1n) is 8.14. The van der Waals surface area contributed by atoms with Crippen molar-refractivity contribution in [3.05, 3.63) is 35.7 Å². The minimum absolute atomic E-state index is 0.0902. The maximum Gasteiger partial charge on any atom is 0.246 e. The van der Waals surface area contributed by atoms with Gasteiger partial charge in [0.25, 0.3) is 0 Å². The molecule has 132 valence electrons. The number of ether oxygens (including phenoxy) is 1. The van der Waals surface area contributed by atoms with Crippen LogP contribution >= 0.6 is 0 Å². The zero-order valence-electron chi connectivity index (χ0n) is 14.8. The summed E-state index contributed by atoms with van der Waals surface area (Å²) in [6, 6.07) is 7.11. The highest BCUT2D eigenvalue weighted by Gasteiger charge is 2.32. The molecule has 2 amide bonds. The van der Waals surface area contributed by atoms with Crippen molar-refractivity contribution in [3.8, 4) is 5.75 Å². The van der Waals surface area contributed by atoms with Gasteiger partial charge in [0, 0.05) is 17.4 Å². The standard InChI is InChI=1S/C18H22N4O3/c1-11-7-12(2)22(21-11)9-16(23)19-13-5-6-14-15(8-13)25-10-18(3,4)17(24)20-14/h5-8H,9-10H2,1-4H3,(H,19,23)(H,20,24). The molecule has 0 atom stereocenters. The van der Waals surface area contributed by atoms with Crippen LogP contribution in [0, 0.1) is 19.3 Å². The lowest BCUT2D eigenvalue weighted by molar-refractivity contribution is -0.125. The number of carbonyl (C=O) groups excluding carboxylic acids is 2. The number of amides is 2. The van der Waals surface area contributed by atoms with Crippen LogP contribution in [-0.4, -0.2) is 28.2 Å². The van der Waals surface area contributed by atoms with Crippen LogP contribution in [-0.2, 0) is 16.1 Å². The summed E-state index contributed by atoms with van der Waals surface area (Å²) < 4.78 is 7.40. The Morgan fingerprint density at radius 2 is 2.12 bits per heavy atom. The number of fused-ring (bicyclic) bond motifs is 1. The maximum atomic E-state index is 12.3. The predicted molar refractivity (Wildman–Crippen MR) is 94.7 cm³/mol. The number of carbonyl (C=O) groups is 2. The molecule has 1 aromatic carbocycles. The maximum absolute atomic E-state index is 12.3. The zero-order chi connectivity index (χ0) is 18.2. The number of nitrogens with zero attached hydrogens (tertiary/aromatic N) is 2. The Morgan fingerprint density at radius 3 is 2.80 bits per heavy atom. The van der Waals surface area contributed by atoms with Crippen molar-refractivity contribution in [3.63, 3.8) is 0 Å². The second-order valence-electron chi connectivity index (χ2n) is 6.97. The SMILES string of the molecule is Cc1cc(C)n(CC(=O)Nc2ccc3c(c2)OCC(C)(C)C(=O)N3)n1. The lowest BCUT2D eigenvalue weighted by Crippen LogP contribution is -2.33. The van der Waals surface area contributed by atoms with Crippen molar-refractivity contribution in [2.75, 3.05) is 17.2 Å². The predicted octanol–water partition coefficient (Wildman–Crippen LogP) is 2.50. The van der Waals surface area contributed by atoms with Gasteiger partial charge >= 0.3 is 0 Å². The smallest absolute Gasteiger partial charge is 0.246 e. The third kappa shape index (κ3) is 3.65. The van der Waals surface area contributed by atoms with E-state index < -0.39 is 5.41 Å². The van der Waals surface area contributed by atoms with Crippen LogP contribution < -0.4 is 15.4 Å². The van der Waals surface area contributed by atoms with E-state index in [9.17, 15) is 9.59 Å². The number of nitrogens with one attached hydrogen (secondary N) is 2. The Balaban J connectivity index is 1.72. The van der Waals surface area contributed by atoms with Crippen LogP contribution in [0.5, 0.6) is 5.75 Å². The Bertz CT molecular complexity index is 839. The van der Waals surface area contributed by atoms with Gasteiger partial charge in [0.2, 0.25) is 11.8 Å². The van der Waals surface area contributed by atoms with Crippen molar-refractivity contribution in [2.45, 2.75) is 34.2 Å². The molecule has 1 aromatic heterocycles. The molecule has 0 unspecified atom stereocenters. The fraction of sp³-hybridized carbons (Fsp3) is 0.389. The lowest BCUT2D eigenvalue weighted by Gasteiger charge is -2.18. The summed E-state index contributed by atoms with van der Waals surface area (Å²) in [5, 5.41) is 9.97. The van der Waals surface area contributed by atoms with Gasteiger partial charge < -0.3 is 15.4 Å². The van der Waals surface area contributed by atoms with E-state index in [2.05, 4.69) is 15.7 Å². The summed E-state index contributed by atoms with van der Waals surface area (Å²) in [6.07, 6.45) is 0. The number of aryl methyl sites for hydroxylation is 2. The highest BCUT2D eigenvalue weighted by atomic mass is 16.5. The van der Waals surface area contributed by atoms with Crippen LogP contribution in [0.3, 0.4) is 0 Å². The van der Waals surface area contributed by atoms with Crippen LogP contribution in [0.4, 0.5) is 11.4 Å². The summed E-state index contributed by atoms with van der Waals surface area (Å²) in [5.41, 5.74) is 2.41. The van der Waals surface area contributed by atoms with E-state index in [1.54, 1.807) is 22.9 Å². The molecule has 0 saturated carbocycles. The van der Waals surface area contributed by atoms with Gasteiger partial charge in [-0.1, -0.05) is 0 Å². The Labute approximate surface area is 146 Å². The zero-order valence-corrected chi connectivity index (χ0v) is 14.8. The second-order valence-corrected chi connectivity index (χ2v) is 6.97. The Kier molecular flexibility index (Phi) is 4.24. The number of anilines is 2. The monoisotopic (exact) mass is 342 g/mol.